The largest absolute Gasteiger partial charge is 0.324 e. The van der Waals surface area contributed by atoms with E-state index in [1.54, 1.807) is 0 Å². The molecule has 1 aromatic carbocycles. The van der Waals surface area contributed by atoms with Crippen LogP contribution in [0.4, 0.5) is 14.5 Å². The first-order valence-electron chi connectivity index (χ1n) is 6.61. The lowest BCUT2D eigenvalue weighted by Crippen LogP contribution is -2.30. The number of carbonyl (C=O) groups excluding carboxylic acids is 1. The van der Waals surface area contributed by atoms with E-state index in [-0.39, 0.29) is 11.6 Å². The van der Waals surface area contributed by atoms with Crippen LogP contribution in [0, 0.1) is 17.6 Å². The van der Waals surface area contributed by atoms with Gasteiger partial charge in [0.15, 0.2) is 11.6 Å². The predicted octanol–water partition coefficient (Wildman–Crippen LogP) is 2.68. The minimum Gasteiger partial charge on any atom is -0.324 e. The molecular formula is C14H18F2N2O. The summed E-state index contributed by atoms with van der Waals surface area (Å²) in [6.07, 6.45) is 3.36. The zero-order chi connectivity index (χ0) is 13.7. The number of nitrogens with one attached hydrogen (secondary N) is 2. The van der Waals surface area contributed by atoms with E-state index in [2.05, 4.69) is 10.6 Å². The summed E-state index contributed by atoms with van der Waals surface area (Å²) in [4.78, 5) is 11.7. The zero-order valence-corrected chi connectivity index (χ0v) is 10.7. The molecule has 2 rings (SSSR count). The van der Waals surface area contributed by atoms with Crippen LogP contribution in [0.25, 0.3) is 0 Å². The predicted molar refractivity (Wildman–Crippen MR) is 69.8 cm³/mol. The molecule has 1 unspecified atom stereocenters. The first kappa shape index (κ1) is 13.9. The maximum Gasteiger partial charge on any atom is 0.224 e. The summed E-state index contributed by atoms with van der Waals surface area (Å²) in [5.74, 6) is -1.73. The smallest absolute Gasteiger partial charge is 0.224 e. The molecule has 1 aliphatic heterocycles. The fourth-order valence-electron chi connectivity index (χ4n) is 2.32. The van der Waals surface area contributed by atoms with Crippen molar-refractivity contribution in [2.75, 3.05) is 18.4 Å². The molecule has 0 aromatic heterocycles. The van der Waals surface area contributed by atoms with Crippen LogP contribution in [0.3, 0.4) is 0 Å². The maximum atomic E-state index is 13.4. The first-order chi connectivity index (χ1) is 9.16. The van der Waals surface area contributed by atoms with Gasteiger partial charge in [-0.1, -0.05) is 6.07 Å². The van der Waals surface area contributed by atoms with Crippen LogP contribution in [0.15, 0.2) is 18.2 Å². The summed E-state index contributed by atoms with van der Waals surface area (Å²) >= 11 is 0. The highest BCUT2D eigenvalue weighted by molar-refractivity contribution is 5.90. The SMILES string of the molecule is O=C(CCC1CCCNC1)Nc1cccc(F)c1F. The Morgan fingerprint density at radius 1 is 1.42 bits per heavy atom. The molecule has 1 fully saturated rings. The molecule has 0 saturated carbocycles. The standard InChI is InChI=1S/C14H18F2N2O/c15-11-4-1-5-12(14(11)16)18-13(19)7-6-10-3-2-8-17-9-10/h1,4-5,10,17H,2-3,6-9H2,(H,18,19). The van der Waals surface area contributed by atoms with Crippen LogP contribution < -0.4 is 10.6 Å². The van der Waals surface area contributed by atoms with Gasteiger partial charge in [0.05, 0.1) is 5.69 Å². The Balaban J connectivity index is 1.82. The van der Waals surface area contributed by atoms with E-state index >= 15 is 0 Å². The van der Waals surface area contributed by atoms with Gasteiger partial charge in [0.2, 0.25) is 5.91 Å². The molecular weight excluding hydrogens is 250 g/mol. The van der Waals surface area contributed by atoms with Crippen molar-refractivity contribution in [2.24, 2.45) is 5.92 Å². The van der Waals surface area contributed by atoms with Crippen molar-refractivity contribution in [1.29, 1.82) is 0 Å². The third-order valence-electron chi connectivity index (χ3n) is 3.40. The number of benzene rings is 1. The van der Waals surface area contributed by atoms with E-state index in [0.29, 0.717) is 12.3 Å². The molecule has 0 bridgehead atoms. The van der Waals surface area contributed by atoms with Crippen LogP contribution in [-0.4, -0.2) is 19.0 Å². The highest BCUT2D eigenvalue weighted by Crippen LogP contribution is 2.19. The van der Waals surface area contributed by atoms with E-state index in [4.69, 9.17) is 0 Å². The number of carbonyl (C=O) groups is 1. The molecule has 1 aliphatic rings. The highest BCUT2D eigenvalue weighted by atomic mass is 19.2. The normalized spacial score (nSPS) is 19.2. The van der Waals surface area contributed by atoms with Crippen molar-refractivity contribution in [2.45, 2.75) is 25.7 Å². The van der Waals surface area contributed by atoms with Crippen LogP contribution >= 0.6 is 0 Å². The van der Waals surface area contributed by atoms with Gasteiger partial charge in [-0.2, -0.15) is 0 Å². The van der Waals surface area contributed by atoms with Crippen molar-refractivity contribution in [3.63, 3.8) is 0 Å². The molecule has 1 aromatic rings. The van der Waals surface area contributed by atoms with Gasteiger partial charge in [0.25, 0.3) is 0 Å². The molecule has 1 heterocycles. The molecule has 1 atom stereocenters. The van der Waals surface area contributed by atoms with Crippen LogP contribution in [0.5, 0.6) is 0 Å². The average molecular weight is 268 g/mol. The van der Waals surface area contributed by atoms with Crippen LogP contribution in [0.2, 0.25) is 0 Å². The number of anilines is 1. The number of piperidine rings is 1. The highest BCUT2D eigenvalue weighted by Gasteiger charge is 2.15. The monoisotopic (exact) mass is 268 g/mol. The Bertz CT molecular complexity index is 445. The van der Waals surface area contributed by atoms with Gasteiger partial charge in [-0.05, 0) is 50.4 Å². The molecule has 1 amide bonds. The first-order valence-corrected chi connectivity index (χ1v) is 6.61. The van der Waals surface area contributed by atoms with Gasteiger partial charge >= 0.3 is 0 Å². The summed E-state index contributed by atoms with van der Waals surface area (Å²) in [6, 6.07) is 3.76. The minimum atomic E-state index is -1.00. The Morgan fingerprint density at radius 3 is 3.00 bits per heavy atom. The molecule has 2 N–H and O–H groups in total. The van der Waals surface area contributed by atoms with Gasteiger partial charge < -0.3 is 10.6 Å². The Morgan fingerprint density at radius 2 is 2.26 bits per heavy atom. The fraction of sp³-hybridized carbons (Fsp3) is 0.500. The molecule has 19 heavy (non-hydrogen) atoms. The topological polar surface area (TPSA) is 41.1 Å². The lowest BCUT2D eigenvalue weighted by atomic mass is 9.94. The summed E-state index contributed by atoms with van der Waals surface area (Å²) in [5.41, 5.74) is -0.0910. The Labute approximate surface area is 111 Å². The van der Waals surface area contributed by atoms with Gasteiger partial charge in [-0.25, -0.2) is 8.78 Å². The number of hydrogen-bond donors (Lipinski definition) is 2. The second-order valence-electron chi connectivity index (χ2n) is 4.90. The van der Waals surface area contributed by atoms with Crippen molar-refractivity contribution >= 4 is 11.6 Å². The van der Waals surface area contributed by atoms with E-state index in [0.717, 1.165) is 38.4 Å². The molecule has 0 spiro atoms. The number of hydrogen-bond acceptors (Lipinski definition) is 2. The Hall–Kier alpha value is -1.49. The van der Waals surface area contributed by atoms with Crippen molar-refractivity contribution in [1.82, 2.24) is 5.32 Å². The van der Waals surface area contributed by atoms with Crippen LogP contribution in [-0.2, 0) is 4.79 Å². The van der Waals surface area contributed by atoms with Gasteiger partial charge in [0, 0.05) is 6.42 Å². The molecule has 3 nitrogen and oxygen atoms in total. The number of amides is 1. The van der Waals surface area contributed by atoms with Crippen molar-refractivity contribution in [3.05, 3.63) is 29.8 Å². The summed E-state index contributed by atoms with van der Waals surface area (Å²) in [6.45, 7) is 1.97. The second kappa shape index (κ2) is 6.61. The fourth-order valence-corrected chi connectivity index (χ4v) is 2.32. The lowest BCUT2D eigenvalue weighted by Gasteiger charge is -2.22. The molecule has 1 saturated heterocycles. The maximum absolute atomic E-state index is 13.4. The molecule has 0 aliphatic carbocycles. The van der Waals surface area contributed by atoms with Crippen LogP contribution in [0.1, 0.15) is 25.7 Å². The second-order valence-corrected chi connectivity index (χ2v) is 4.90. The van der Waals surface area contributed by atoms with Gasteiger partial charge in [0.1, 0.15) is 0 Å². The third kappa shape index (κ3) is 3.99. The molecule has 5 heteroatoms. The molecule has 104 valence electrons. The summed E-state index contributed by atoms with van der Waals surface area (Å²) in [7, 11) is 0. The van der Waals surface area contributed by atoms with E-state index in [1.807, 2.05) is 0 Å². The third-order valence-corrected chi connectivity index (χ3v) is 3.40. The zero-order valence-electron chi connectivity index (χ0n) is 10.7. The van der Waals surface area contributed by atoms with E-state index in [9.17, 15) is 13.6 Å². The summed E-state index contributed by atoms with van der Waals surface area (Å²) in [5, 5.41) is 5.70. The van der Waals surface area contributed by atoms with Gasteiger partial charge in [-0.15, -0.1) is 0 Å². The minimum absolute atomic E-state index is 0.0910. The lowest BCUT2D eigenvalue weighted by molar-refractivity contribution is -0.116. The number of rotatable bonds is 4. The Kier molecular flexibility index (Phi) is 4.85. The quantitative estimate of drug-likeness (QED) is 0.881. The van der Waals surface area contributed by atoms with E-state index in [1.165, 1.54) is 12.1 Å². The van der Waals surface area contributed by atoms with Crippen molar-refractivity contribution < 1.29 is 13.6 Å². The van der Waals surface area contributed by atoms with Gasteiger partial charge in [-0.3, -0.25) is 4.79 Å². The van der Waals surface area contributed by atoms with Crippen molar-refractivity contribution in [3.8, 4) is 0 Å². The summed E-state index contributed by atoms with van der Waals surface area (Å²) < 4.78 is 26.3. The molecule has 0 radical (unpaired) electrons. The number of halogens is 2. The average Bonchev–Trinajstić information content (AvgIpc) is 2.43. The van der Waals surface area contributed by atoms with E-state index < -0.39 is 11.6 Å².